The minimum atomic E-state index is -0.721. The van der Waals surface area contributed by atoms with Gasteiger partial charge in [-0.1, -0.05) is 28.1 Å². The van der Waals surface area contributed by atoms with Crippen molar-refractivity contribution in [3.05, 3.63) is 76.2 Å². The van der Waals surface area contributed by atoms with E-state index in [1.807, 2.05) is 24.3 Å². The van der Waals surface area contributed by atoms with Crippen LogP contribution in [0.4, 0.5) is 8.78 Å². The average Bonchev–Trinajstić information content (AvgIpc) is 3.21. The van der Waals surface area contributed by atoms with Crippen LogP contribution in [0, 0.1) is 11.6 Å². The molecule has 156 valence electrons. The topological polar surface area (TPSA) is 55.6 Å². The van der Waals surface area contributed by atoms with E-state index in [4.69, 9.17) is 9.15 Å². The van der Waals surface area contributed by atoms with Crippen LogP contribution in [0.2, 0.25) is 0 Å². The number of aromatic nitrogens is 1. The van der Waals surface area contributed by atoms with Crippen LogP contribution < -0.4 is 0 Å². The minimum Gasteiger partial charge on any atom is -0.441 e. The van der Waals surface area contributed by atoms with Gasteiger partial charge in [0.15, 0.2) is 11.7 Å². The first kappa shape index (κ1) is 20.7. The molecule has 30 heavy (non-hydrogen) atoms. The van der Waals surface area contributed by atoms with Crippen LogP contribution in [-0.4, -0.2) is 35.5 Å². The number of halogens is 3. The molecule has 2 aromatic carbocycles. The summed E-state index contributed by atoms with van der Waals surface area (Å²) in [6, 6.07) is 11.1. The molecule has 0 saturated carbocycles. The molecule has 1 fully saturated rings. The lowest BCUT2D eigenvalue weighted by Crippen LogP contribution is -2.42. The van der Waals surface area contributed by atoms with E-state index in [2.05, 4.69) is 20.9 Å². The first-order valence-corrected chi connectivity index (χ1v) is 10.3. The molecule has 1 atom stereocenters. The lowest BCUT2D eigenvalue weighted by atomic mass is 10.1. The largest absolute Gasteiger partial charge is 0.441 e. The Bertz CT molecular complexity index is 1040. The molecular formula is C22H19BrF2N2O3. The fraction of sp³-hybridized carbons (Fsp3) is 0.273. The second-order valence-electron chi connectivity index (χ2n) is 6.99. The lowest BCUT2D eigenvalue weighted by Gasteiger charge is -2.33. The Balaban J connectivity index is 1.35. The summed E-state index contributed by atoms with van der Waals surface area (Å²) in [6.45, 7) is 1.49. The van der Waals surface area contributed by atoms with Gasteiger partial charge >= 0.3 is 0 Å². The van der Waals surface area contributed by atoms with Crippen LogP contribution in [0.3, 0.4) is 0 Å². The van der Waals surface area contributed by atoms with Gasteiger partial charge in [0.1, 0.15) is 17.7 Å². The number of morpholine rings is 1. The molecule has 5 nitrogen and oxygen atoms in total. The SMILES string of the molecule is O=C(CCc1ncc(-c2ccc(F)cc2F)o1)N1CCOC(c2ccc(Br)cc2)C1. The molecular weight excluding hydrogens is 458 g/mol. The van der Waals surface area contributed by atoms with Crippen molar-refractivity contribution in [1.82, 2.24) is 9.88 Å². The van der Waals surface area contributed by atoms with Crippen LogP contribution >= 0.6 is 15.9 Å². The van der Waals surface area contributed by atoms with Crippen LogP contribution in [0.1, 0.15) is 24.0 Å². The van der Waals surface area contributed by atoms with Crippen molar-refractivity contribution in [3.8, 4) is 11.3 Å². The van der Waals surface area contributed by atoms with Crippen molar-refractivity contribution < 1.29 is 22.7 Å². The zero-order valence-corrected chi connectivity index (χ0v) is 17.6. The molecule has 1 aliphatic heterocycles. The molecule has 2 heterocycles. The minimum absolute atomic E-state index is 0.0203. The van der Waals surface area contributed by atoms with E-state index >= 15 is 0 Å². The maximum atomic E-state index is 13.9. The van der Waals surface area contributed by atoms with E-state index in [9.17, 15) is 13.6 Å². The highest BCUT2D eigenvalue weighted by atomic mass is 79.9. The molecule has 8 heteroatoms. The Kier molecular flexibility index (Phi) is 6.24. The molecule has 0 bridgehead atoms. The van der Waals surface area contributed by atoms with Gasteiger partial charge in [-0.2, -0.15) is 0 Å². The van der Waals surface area contributed by atoms with Crippen LogP contribution in [-0.2, 0) is 16.0 Å². The number of amides is 1. The van der Waals surface area contributed by atoms with E-state index in [1.54, 1.807) is 4.90 Å². The quantitative estimate of drug-likeness (QED) is 0.524. The summed E-state index contributed by atoms with van der Waals surface area (Å²) in [7, 11) is 0. The maximum Gasteiger partial charge on any atom is 0.223 e. The van der Waals surface area contributed by atoms with Crippen molar-refractivity contribution in [2.75, 3.05) is 19.7 Å². The maximum absolute atomic E-state index is 13.9. The highest BCUT2D eigenvalue weighted by molar-refractivity contribution is 9.10. The summed E-state index contributed by atoms with van der Waals surface area (Å²) in [4.78, 5) is 18.6. The Morgan fingerprint density at radius 2 is 2.00 bits per heavy atom. The van der Waals surface area contributed by atoms with Gasteiger partial charge in [-0.05, 0) is 29.8 Å². The molecule has 1 aliphatic rings. The standard InChI is InChI=1S/C22H19BrF2N2O3/c23-15-3-1-14(2-4-15)20-13-27(9-10-29-20)22(28)8-7-21-26-12-19(30-21)17-6-5-16(24)11-18(17)25/h1-6,11-12,20H,7-10,13H2. The third-order valence-corrected chi connectivity index (χ3v) is 5.49. The van der Waals surface area contributed by atoms with Gasteiger partial charge in [0.2, 0.25) is 5.91 Å². The summed E-state index contributed by atoms with van der Waals surface area (Å²) in [5.74, 6) is -0.862. The molecule has 1 saturated heterocycles. The number of hydrogen-bond acceptors (Lipinski definition) is 4. The van der Waals surface area contributed by atoms with E-state index in [0.29, 0.717) is 32.0 Å². The Morgan fingerprint density at radius 3 is 2.77 bits per heavy atom. The molecule has 1 amide bonds. The molecule has 1 unspecified atom stereocenters. The summed E-state index contributed by atoms with van der Waals surface area (Å²) in [6.07, 6.45) is 1.74. The number of carbonyl (C=O) groups excluding carboxylic acids is 1. The first-order valence-electron chi connectivity index (χ1n) is 9.54. The number of rotatable bonds is 5. The van der Waals surface area contributed by atoms with Gasteiger partial charge in [0.05, 0.1) is 24.9 Å². The summed E-state index contributed by atoms with van der Waals surface area (Å²) < 4.78 is 39.3. The lowest BCUT2D eigenvalue weighted by molar-refractivity contribution is -0.139. The van der Waals surface area contributed by atoms with Crippen LogP contribution in [0.5, 0.6) is 0 Å². The van der Waals surface area contributed by atoms with Crippen molar-refractivity contribution >= 4 is 21.8 Å². The Labute approximate surface area is 180 Å². The van der Waals surface area contributed by atoms with E-state index < -0.39 is 11.6 Å². The zero-order chi connectivity index (χ0) is 21.1. The molecule has 3 aromatic rings. The van der Waals surface area contributed by atoms with Crippen molar-refractivity contribution in [1.29, 1.82) is 0 Å². The number of hydrogen-bond donors (Lipinski definition) is 0. The Morgan fingerprint density at radius 1 is 1.20 bits per heavy atom. The second-order valence-corrected chi connectivity index (χ2v) is 7.91. The molecule has 0 spiro atoms. The predicted octanol–water partition coefficient (Wildman–Crippen LogP) is 4.92. The predicted molar refractivity (Wildman–Crippen MR) is 110 cm³/mol. The number of carbonyl (C=O) groups is 1. The van der Waals surface area contributed by atoms with Crippen molar-refractivity contribution in [3.63, 3.8) is 0 Å². The summed E-state index contributed by atoms with van der Waals surface area (Å²) in [5.41, 5.74) is 1.15. The number of ether oxygens (including phenoxy) is 1. The van der Waals surface area contributed by atoms with Gasteiger partial charge in [0.25, 0.3) is 0 Å². The zero-order valence-electron chi connectivity index (χ0n) is 16.0. The third-order valence-electron chi connectivity index (χ3n) is 4.96. The van der Waals surface area contributed by atoms with Gasteiger partial charge in [-0.3, -0.25) is 4.79 Å². The molecule has 0 radical (unpaired) electrons. The van der Waals surface area contributed by atoms with Gasteiger partial charge < -0.3 is 14.1 Å². The number of nitrogens with zero attached hydrogens (tertiary/aromatic N) is 2. The molecule has 4 rings (SSSR count). The monoisotopic (exact) mass is 476 g/mol. The normalized spacial score (nSPS) is 16.6. The third kappa shape index (κ3) is 4.76. The van der Waals surface area contributed by atoms with E-state index in [-0.39, 0.29) is 29.8 Å². The molecule has 1 aromatic heterocycles. The highest BCUT2D eigenvalue weighted by Gasteiger charge is 2.25. The van der Waals surface area contributed by atoms with Gasteiger partial charge in [-0.25, -0.2) is 13.8 Å². The fourth-order valence-electron chi connectivity index (χ4n) is 3.37. The number of oxazole rings is 1. The van der Waals surface area contributed by atoms with Crippen molar-refractivity contribution in [2.45, 2.75) is 18.9 Å². The molecule has 0 N–H and O–H groups in total. The number of benzene rings is 2. The fourth-order valence-corrected chi connectivity index (χ4v) is 3.63. The van der Waals surface area contributed by atoms with Gasteiger partial charge in [0, 0.05) is 29.9 Å². The summed E-state index contributed by atoms with van der Waals surface area (Å²) >= 11 is 3.41. The van der Waals surface area contributed by atoms with Crippen LogP contribution in [0.15, 0.2) is 57.6 Å². The number of aryl methyl sites for hydroxylation is 1. The first-order chi connectivity index (χ1) is 14.5. The smallest absolute Gasteiger partial charge is 0.223 e. The highest BCUT2D eigenvalue weighted by Crippen LogP contribution is 2.26. The van der Waals surface area contributed by atoms with E-state index in [0.717, 1.165) is 22.2 Å². The van der Waals surface area contributed by atoms with Crippen LogP contribution in [0.25, 0.3) is 11.3 Å². The summed E-state index contributed by atoms with van der Waals surface area (Å²) in [5, 5.41) is 0. The molecule has 0 aliphatic carbocycles. The van der Waals surface area contributed by atoms with Crippen molar-refractivity contribution in [2.24, 2.45) is 0 Å². The Hall–Kier alpha value is -2.58. The van der Waals surface area contributed by atoms with E-state index in [1.165, 1.54) is 12.3 Å². The average molecular weight is 477 g/mol. The van der Waals surface area contributed by atoms with Gasteiger partial charge in [-0.15, -0.1) is 0 Å². The second kappa shape index (κ2) is 9.06.